The van der Waals surface area contributed by atoms with Crippen LogP contribution < -0.4 is 9.64 Å². The summed E-state index contributed by atoms with van der Waals surface area (Å²) in [6.45, 7) is 4.27. The van der Waals surface area contributed by atoms with Crippen molar-refractivity contribution in [3.8, 4) is 17.1 Å². The SMILES string of the molecule is C=CCN(C(=O)CCCc1nc(-c2ccc(OC)cc2)no1)c1nc2c(s1)CCCC2. The summed E-state index contributed by atoms with van der Waals surface area (Å²) in [5.74, 6) is 1.88. The Morgan fingerprint density at radius 3 is 2.81 bits per heavy atom. The molecular weight excluding hydrogens is 412 g/mol. The summed E-state index contributed by atoms with van der Waals surface area (Å²) in [7, 11) is 1.63. The number of fused-ring (bicyclic) bond motifs is 1. The summed E-state index contributed by atoms with van der Waals surface area (Å²) >= 11 is 1.64. The van der Waals surface area contributed by atoms with Crippen molar-refractivity contribution in [3.05, 3.63) is 53.4 Å². The van der Waals surface area contributed by atoms with Gasteiger partial charge in [0.1, 0.15) is 5.75 Å². The van der Waals surface area contributed by atoms with E-state index in [1.165, 1.54) is 17.7 Å². The average Bonchev–Trinajstić information content (AvgIpc) is 3.44. The van der Waals surface area contributed by atoms with Gasteiger partial charge in [0.05, 0.1) is 12.8 Å². The predicted octanol–water partition coefficient (Wildman–Crippen LogP) is 4.62. The van der Waals surface area contributed by atoms with E-state index in [2.05, 4.69) is 16.7 Å². The van der Waals surface area contributed by atoms with Gasteiger partial charge in [-0.2, -0.15) is 4.98 Å². The van der Waals surface area contributed by atoms with Crippen LogP contribution in [0.3, 0.4) is 0 Å². The van der Waals surface area contributed by atoms with Crippen LogP contribution in [0.2, 0.25) is 0 Å². The topological polar surface area (TPSA) is 81.4 Å². The van der Waals surface area contributed by atoms with Crippen molar-refractivity contribution in [2.45, 2.75) is 44.9 Å². The lowest BCUT2D eigenvalue weighted by molar-refractivity contribution is -0.118. The Hall–Kier alpha value is -3.00. The minimum Gasteiger partial charge on any atom is -0.497 e. The number of aromatic nitrogens is 3. The maximum Gasteiger partial charge on any atom is 0.229 e. The maximum absolute atomic E-state index is 12.9. The van der Waals surface area contributed by atoms with Gasteiger partial charge in [-0.05, 0) is 56.4 Å². The lowest BCUT2D eigenvalue weighted by atomic mass is 10.0. The molecule has 1 aliphatic carbocycles. The minimum atomic E-state index is 0.0425. The zero-order valence-electron chi connectivity index (χ0n) is 17.7. The van der Waals surface area contributed by atoms with E-state index in [0.29, 0.717) is 37.5 Å². The number of hydrogen-bond acceptors (Lipinski definition) is 7. The predicted molar refractivity (Wildman–Crippen MR) is 121 cm³/mol. The molecule has 2 heterocycles. The lowest BCUT2D eigenvalue weighted by Gasteiger charge is -2.17. The molecule has 3 aromatic rings. The summed E-state index contributed by atoms with van der Waals surface area (Å²) in [5.41, 5.74) is 2.02. The highest BCUT2D eigenvalue weighted by molar-refractivity contribution is 7.16. The van der Waals surface area contributed by atoms with E-state index in [1.807, 2.05) is 24.3 Å². The highest BCUT2D eigenvalue weighted by Gasteiger charge is 2.22. The van der Waals surface area contributed by atoms with Gasteiger partial charge in [-0.3, -0.25) is 9.69 Å². The van der Waals surface area contributed by atoms with Crippen molar-refractivity contribution >= 4 is 22.4 Å². The van der Waals surface area contributed by atoms with Gasteiger partial charge in [0.2, 0.25) is 17.6 Å². The third-order valence-electron chi connectivity index (χ3n) is 5.28. The van der Waals surface area contributed by atoms with Gasteiger partial charge >= 0.3 is 0 Å². The third kappa shape index (κ3) is 5.02. The zero-order chi connectivity index (χ0) is 21.6. The largest absolute Gasteiger partial charge is 0.497 e. The summed E-state index contributed by atoms with van der Waals surface area (Å²) < 4.78 is 10.5. The molecule has 1 amide bonds. The molecule has 0 fully saturated rings. The van der Waals surface area contributed by atoms with Gasteiger partial charge in [0.25, 0.3) is 0 Å². The van der Waals surface area contributed by atoms with Gasteiger partial charge in [-0.25, -0.2) is 4.98 Å². The number of methoxy groups -OCH3 is 1. The van der Waals surface area contributed by atoms with Crippen LogP contribution in [0.15, 0.2) is 41.4 Å². The molecular formula is C23H26N4O3S. The minimum absolute atomic E-state index is 0.0425. The Kier molecular flexibility index (Phi) is 6.76. The van der Waals surface area contributed by atoms with Gasteiger partial charge in [0.15, 0.2) is 5.13 Å². The van der Waals surface area contributed by atoms with Gasteiger partial charge in [0, 0.05) is 29.8 Å². The summed E-state index contributed by atoms with van der Waals surface area (Å²) in [6, 6.07) is 7.49. The normalized spacial score (nSPS) is 12.9. The second kappa shape index (κ2) is 9.87. The van der Waals surface area contributed by atoms with Crippen molar-refractivity contribution in [3.63, 3.8) is 0 Å². The number of anilines is 1. The van der Waals surface area contributed by atoms with E-state index < -0.39 is 0 Å². The fourth-order valence-electron chi connectivity index (χ4n) is 3.61. The molecule has 0 unspecified atom stereocenters. The molecule has 31 heavy (non-hydrogen) atoms. The van der Waals surface area contributed by atoms with Crippen molar-refractivity contribution in [2.24, 2.45) is 0 Å². The van der Waals surface area contributed by atoms with E-state index in [0.717, 1.165) is 35.0 Å². The van der Waals surface area contributed by atoms with Crippen molar-refractivity contribution < 1.29 is 14.1 Å². The Morgan fingerprint density at radius 2 is 2.06 bits per heavy atom. The number of nitrogens with zero attached hydrogens (tertiary/aromatic N) is 4. The van der Waals surface area contributed by atoms with Crippen LogP contribution in [0, 0.1) is 0 Å². The smallest absolute Gasteiger partial charge is 0.229 e. The fraction of sp³-hybridized carbons (Fsp3) is 0.391. The standard InChI is InChI=1S/C23H26N4O3S/c1-3-15-27(23-24-18-7-4-5-8-19(18)31-23)21(28)10-6-9-20-25-22(26-30-20)16-11-13-17(29-2)14-12-16/h3,11-14H,1,4-10,15H2,2H3. The Bertz CT molecular complexity index is 1020. The molecule has 0 spiro atoms. The molecule has 7 nitrogen and oxygen atoms in total. The molecule has 1 aromatic carbocycles. The molecule has 162 valence electrons. The fourth-order valence-corrected chi connectivity index (χ4v) is 4.78. The van der Waals surface area contributed by atoms with Crippen LogP contribution in [0.1, 0.15) is 42.1 Å². The van der Waals surface area contributed by atoms with Crippen molar-refractivity contribution in [2.75, 3.05) is 18.6 Å². The van der Waals surface area contributed by atoms with Crippen LogP contribution >= 0.6 is 11.3 Å². The van der Waals surface area contributed by atoms with Gasteiger partial charge < -0.3 is 9.26 Å². The van der Waals surface area contributed by atoms with Gasteiger partial charge in [-0.15, -0.1) is 17.9 Å². The van der Waals surface area contributed by atoms with Crippen LogP contribution in [0.4, 0.5) is 5.13 Å². The van der Waals surface area contributed by atoms with E-state index in [-0.39, 0.29) is 5.91 Å². The Labute approximate surface area is 185 Å². The van der Waals surface area contributed by atoms with Crippen molar-refractivity contribution in [1.82, 2.24) is 15.1 Å². The lowest BCUT2D eigenvalue weighted by Crippen LogP contribution is -2.30. The molecule has 0 bridgehead atoms. The number of rotatable bonds is 9. The van der Waals surface area contributed by atoms with E-state index >= 15 is 0 Å². The zero-order valence-corrected chi connectivity index (χ0v) is 18.5. The number of carbonyl (C=O) groups is 1. The van der Waals surface area contributed by atoms with Crippen LogP contribution in [0.5, 0.6) is 5.75 Å². The monoisotopic (exact) mass is 438 g/mol. The van der Waals surface area contributed by atoms with Crippen LogP contribution in [0.25, 0.3) is 11.4 Å². The number of hydrogen-bond donors (Lipinski definition) is 0. The highest BCUT2D eigenvalue weighted by Crippen LogP contribution is 2.32. The molecule has 0 radical (unpaired) electrons. The number of carbonyl (C=O) groups excluding carboxylic acids is 1. The van der Waals surface area contributed by atoms with Crippen molar-refractivity contribution in [1.29, 1.82) is 0 Å². The first-order valence-corrected chi connectivity index (χ1v) is 11.4. The molecule has 0 saturated heterocycles. The first kappa shape index (κ1) is 21.2. The molecule has 2 aromatic heterocycles. The maximum atomic E-state index is 12.9. The first-order chi connectivity index (χ1) is 15.2. The average molecular weight is 439 g/mol. The van der Waals surface area contributed by atoms with Gasteiger partial charge in [-0.1, -0.05) is 11.2 Å². The Morgan fingerprint density at radius 1 is 1.26 bits per heavy atom. The molecule has 0 saturated carbocycles. The number of ether oxygens (including phenoxy) is 1. The molecule has 0 atom stereocenters. The third-order valence-corrected chi connectivity index (χ3v) is 6.46. The second-order valence-electron chi connectivity index (χ2n) is 7.46. The second-order valence-corrected chi connectivity index (χ2v) is 8.52. The molecule has 4 rings (SSSR count). The molecule has 0 aliphatic heterocycles. The molecule has 8 heteroatoms. The number of amides is 1. The molecule has 0 N–H and O–H groups in total. The molecule has 1 aliphatic rings. The van der Waals surface area contributed by atoms with E-state index in [9.17, 15) is 4.79 Å². The summed E-state index contributed by atoms with van der Waals surface area (Å²) in [6.07, 6.45) is 7.76. The number of aryl methyl sites for hydroxylation is 3. The highest BCUT2D eigenvalue weighted by atomic mass is 32.1. The summed E-state index contributed by atoms with van der Waals surface area (Å²) in [4.78, 5) is 25.1. The van der Waals surface area contributed by atoms with E-state index in [1.54, 1.807) is 29.4 Å². The quantitative estimate of drug-likeness (QED) is 0.453. The Balaban J connectivity index is 1.34. The van der Waals surface area contributed by atoms with Crippen LogP contribution in [-0.4, -0.2) is 34.7 Å². The van der Waals surface area contributed by atoms with E-state index in [4.69, 9.17) is 14.2 Å². The van der Waals surface area contributed by atoms with Crippen LogP contribution in [-0.2, 0) is 24.1 Å². The number of benzene rings is 1. The first-order valence-electron chi connectivity index (χ1n) is 10.5. The number of thiazole rings is 1. The summed E-state index contributed by atoms with van der Waals surface area (Å²) in [5, 5.41) is 4.83.